The summed E-state index contributed by atoms with van der Waals surface area (Å²) in [7, 11) is 0. The largest absolute Gasteiger partial charge is 0.495 e. The number of carbonyl (C=O) groups excluding carboxylic acids is 6. The number of aliphatic hydroxyl groups excluding tert-OH is 5. The van der Waals surface area contributed by atoms with Crippen LogP contribution in [0.4, 0.5) is 0 Å². The molecule has 14 heteroatoms. The van der Waals surface area contributed by atoms with Crippen LogP contribution in [-0.2, 0) is 43.3 Å². The fraction of sp³-hybridized carbons (Fsp3) is 0.754. The molecule has 0 radical (unpaired) electrons. The van der Waals surface area contributed by atoms with Crippen molar-refractivity contribution in [1.29, 1.82) is 0 Å². The first-order chi connectivity index (χ1) is 36.7. The van der Waals surface area contributed by atoms with Crippen LogP contribution in [0.3, 0.4) is 0 Å². The number of ketones is 6. The molecule has 14 nitrogen and oxygen atoms in total. The first-order valence-electron chi connectivity index (χ1n) is 29.7. The molecule has 2 heterocycles. The van der Waals surface area contributed by atoms with E-state index in [2.05, 4.69) is 41.2 Å². The van der Waals surface area contributed by atoms with Gasteiger partial charge in [0.2, 0.25) is 0 Å². The number of allylic oxidation sites excluding steroid dienone is 9. The normalized spacial score (nSPS) is 41.6. The average molecular weight is 1110 g/mol. The fourth-order valence-electron chi connectivity index (χ4n) is 11.2. The van der Waals surface area contributed by atoms with Gasteiger partial charge in [-0.2, -0.15) is 0 Å². The van der Waals surface area contributed by atoms with E-state index >= 15 is 0 Å². The van der Waals surface area contributed by atoms with Gasteiger partial charge < -0.3 is 30.3 Å². The predicted octanol–water partition coefficient (Wildman–Crippen LogP) is 10.3. The summed E-state index contributed by atoms with van der Waals surface area (Å²) >= 11 is 0. The van der Waals surface area contributed by atoms with Gasteiger partial charge in [-0.25, -0.2) is 9.78 Å². The predicted molar refractivity (Wildman–Crippen MR) is 308 cm³/mol. The molecule has 79 heavy (non-hydrogen) atoms. The van der Waals surface area contributed by atoms with Crippen LogP contribution in [0.5, 0.6) is 0 Å². The molecule has 0 aromatic carbocycles. The average Bonchev–Trinajstić information content (AvgIpc) is 4.37. The van der Waals surface area contributed by atoms with Crippen LogP contribution < -0.4 is 0 Å². The van der Waals surface area contributed by atoms with Crippen molar-refractivity contribution in [2.75, 3.05) is 0 Å². The lowest BCUT2D eigenvalue weighted by molar-refractivity contribution is -0.337. The zero-order valence-electron chi connectivity index (χ0n) is 51.1. The molecule has 0 aromatic rings. The number of fused-ring (bicyclic) bond motifs is 3. The van der Waals surface area contributed by atoms with Gasteiger partial charge >= 0.3 is 0 Å². The number of hydrogen-bond acceptors (Lipinski definition) is 14. The molecule has 5 saturated carbocycles. The highest BCUT2D eigenvalue weighted by Crippen LogP contribution is 2.44. The summed E-state index contributed by atoms with van der Waals surface area (Å²) < 4.78 is 5.47. The van der Waals surface area contributed by atoms with Crippen molar-refractivity contribution in [2.24, 2.45) is 88.8 Å². The Morgan fingerprint density at radius 3 is 1.08 bits per heavy atom. The Kier molecular flexibility index (Phi) is 27.8. The Morgan fingerprint density at radius 1 is 0.468 bits per heavy atom. The van der Waals surface area contributed by atoms with E-state index in [1.165, 1.54) is 11.1 Å². The highest BCUT2D eigenvalue weighted by molar-refractivity contribution is 5.98. The van der Waals surface area contributed by atoms with Crippen LogP contribution in [-0.4, -0.2) is 109 Å². The van der Waals surface area contributed by atoms with Gasteiger partial charge in [-0.3, -0.25) is 28.8 Å². The lowest BCUT2D eigenvalue weighted by Crippen LogP contribution is -2.25. The molecule has 0 amide bonds. The fourth-order valence-corrected chi connectivity index (χ4v) is 11.2. The van der Waals surface area contributed by atoms with E-state index in [1.807, 2.05) is 101 Å². The standard InChI is InChI=1S/C9H14O2.C7H12O2.C7H14O2.2C7H12O2.4C7H10O/c1-5-3-7-6(2)8(10)4-9(7)11-5;1-4-5(2)7-3-6(4)8-9-7;3*1-4-5(2)7(9)3-6(4)8;4*1-5-3-4-7(8)6(5)2/h6-10H,1,3-4H2,2H3;4-7H,3H2,1-2H3;4-9H,3H2,1-2H3;2*4-6,8H,3H2,1-2H3;3-4H2,1-2H3;3,6H,4H2,1-2H3;2*3-6H,1-2H3/t6-,7-,8-,9+;2*4-,5-,6-,7+;4-,5-,6+;4-,5-,6-;;6-;2*5-,6+/m11111.100/s1. The van der Waals surface area contributed by atoms with E-state index in [1.54, 1.807) is 12.2 Å². The van der Waals surface area contributed by atoms with Crippen LogP contribution in [0, 0.1) is 88.8 Å². The summed E-state index contributed by atoms with van der Waals surface area (Å²) in [5.41, 5.74) is 3.50. The summed E-state index contributed by atoms with van der Waals surface area (Å²) in [4.78, 5) is 74.6. The summed E-state index contributed by atoms with van der Waals surface area (Å²) in [5.74, 6) is 7.45. The second-order valence-electron chi connectivity index (χ2n) is 25.3. The van der Waals surface area contributed by atoms with Gasteiger partial charge in [0, 0.05) is 80.5 Å². The Hall–Kier alpha value is -3.76. The lowest BCUT2D eigenvalue weighted by Gasteiger charge is -2.23. The van der Waals surface area contributed by atoms with Gasteiger partial charge in [-0.05, 0) is 105 Å². The number of aliphatic hydroxyl groups is 5. The van der Waals surface area contributed by atoms with Crippen LogP contribution >= 0.6 is 0 Å². The van der Waals surface area contributed by atoms with E-state index in [-0.39, 0.29) is 113 Å². The first kappa shape index (κ1) is 69.5. The number of ether oxygens (including phenoxy) is 1. The first-order valence-corrected chi connectivity index (χ1v) is 29.7. The Balaban J connectivity index is 0.000000234. The maximum atomic E-state index is 10.8. The third-order valence-electron chi connectivity index (χ3n) is 20.1. The molecule has 0 aromatic heterocycles. The quantitative estimate of drug-likeness (QED) is 0.112. The topological polar surface area (TPSA) is 231 Å². The molecule has 0 spiro atoms. The van der Waals surface area contributed by atoms with E-state index in [4.69, 9.17) is 24.7 Å². The summed E-state index contributed by atoms with van der Waals surface area (Å²) in [6, 6.07) is 0. The minimum absolute atomic E-state index is 0.0694. The molecule has 0 unspecified atom stereocenters. The van der Waals surface area contributed by atoms with Gasteiger partial charge in [0.05, 0.1) is 48.5 Å². The number of rotatable bonds is 0. The number of carbonyl (C=O) groups is 6. The van der Waals surface area contributed by atoms with Crippen molar-refractivity contribution in [2.45, 2.75) is 224 Å². The molecule has 7 fully saturated rings. The number of hydrogen-bond donors (Lipinski definition) is 5. The second-order valence-corrected chi connectivity index (χ2v) is 25.3. The molecule has 9 aliphatic carbocycles. The van der Waals surface area contributed by atoms with Crippen molar-refractivity contribution < 1.29 is 68.8 Å². The van der Waals surface area contributed by atoms with Gasteiger partial charge in [0.15, 0.2) is 17.3 Å². The number of Topliss-reactive ketones (excluding diaryl/α,β-unsaturated/α-hetero) is 4. The molecule has 23 atom stereocenters. The lowest BCUT2D eigenvalue weighted by atomic mass is 9.94. The van der Waals surface area contributed by atoms with E-state index in [0.29, 0.717) is 85.0 Å². The van der Waals surface area contributed by atoms with Crippen molar-refractivity contribution in [1.82, 2.24) is 0 Å². The smallest absolute Gasteiger partial charge is 0.158 e. The molecule has 2 bridgehead atoms. The van der Waals surface area contributed by atoms with Crippen molar-refractivity contribution in [3.8, 4) is 0 Å². The molecule has 11 rings (SSSR count). The Bertz CT molecular complexity index is 2110. The SMILES string of the molecule is C=C1C[C@@H]2[C@@H](C)[C@H](O)C[C@@H]2O1.CC1=C(C)C(=O)CC1.CC1=CCC(=O)[C@@H]1C.C[C@@H]1[C@@H](C)[C@@H](O)C[C@H]1O.C[C@@H]1[C@@H](C)[C@H]2C[C@@H]1OO2.C[C@H]1C=CC(=O)[C@@H]1C.C[C@H]1C=CC(=O)[C@@H]1C.C[C@H]1[C@@H](O)CC(=O)[C@@H]1C.C[C@H]1[C@H](O)CC(=O)[C@@H]1C. The minimum atomic E-state index is -0.382. The van der Waals surface area contributed by atoms with Crippen LogP contribution in [0.15, 0.2) is 59.4 Å². The third-order valence-corrected chi connectivity index (χ3v) is 20.1. The summed E-state index contributed by atoms with van der Waals surface area (Å²) in [5, 5.41) is 46.1. The zero-order chi connectivity index (χ0) is 60.1. The van der Waals surface area contributed by atoms with Crippen molar-refractivity contribution in [3.05, 3.63) is 59.4 Å². The monoisotopic (exact) mass is 1110 g/mol. The summed E-state index contributed by atoms with van der Waals surface area (Å²) in [6.07, 6.45) is 15.4. The highest BCUT2D eigenvalue weighted by atomic mass is 17.2. The van der Waals surface area contributed by atoms with Crippen LogP contribution in [0.1, 0.15) is 175 Å². The molecular weight excluding hydrogens is 1000 g/mol. The van der Waals surface area contributed by atoms with E-state index in [9.17, 15) is 44.1 Å². The molecule has 2 aliphatic heterocycles. The zero-order valence-corrected chi connectivity index (χ0v) is 51.1. The minimum Gasteiger partial charge on any atom is -0.495 e. The maximum absolute atomic E-state index is 10.8. The van der Waals surface area contributed by atoms with Gasteiger partial charge in [0.1, 0.15) is 23.5 Å². The highest BCUT2D eigenvalue weighted by Gasteiger charge is 2.47. The van der Waals surface area contributed by atoms with Crippen molar-refractivity contribution >= 4 is 34.7 Å². The van der Waals surface area contributed by atoms with E-state index < -0.39 is 0 Å². The molecule has 2 saturated heterocycles. The molecule has 11 aliphatic rings. The van der Waals surface area contributed by atoms with Gasteiger partial charge in [0.25, 0.3) is 0 Å². The third kappa shape index (κ3) is 19.4. The molecule has 448 valence electrons. The van der Waals surface area contributed by atoms with E-state index in [0.717, 1.165) is 43.4 Å². The van der Waals surface area contributed by atoms with Gasteiger partial charge in [-0.1, -0.05) is 133 Å². The van der Waals surface area contributed by atoms with Crippen molar-refractivity contribution in [3.63, 3.8) is 0 Å². The van der Waals surface area contributed by atoms with Gasteiger partial charge in [-0.15, -0.1) is 0 Å². The molecular formula is C65H104O14. The van der Waals surface area contributed by atoms with Crippen LogP contribution in [0.2, 0.25) is 0 Å². The second kappa shape index (κ2) is 31.6. The maximum Gasteiger partial charge on any atom is 0.158 e. The molecule has 5 N–H and O–H groups in total. The van der Waals surface area contributed by atoms with Crippen LogP contribution in [0.25, 0.3) is 0 Å². The Labute approximate surface area is 474 Å². The summed E-state index contributed by atoms with van der Waals surface area (Å²) in [6.45, 7) is 37.9. The Morgan fingerprint density at radius 2 is 0.899 bits per heavy atom.